The van der Waals surface area contributed by atoms with Gasteiger partial charge in [0.25, 0.3) is 5.91 Å². The quantitative estimate of drug-likeness (QED) is 0.162. The average Bonchev–Trinajstić information content (AvgIpc) is 3.81. The van der Waals surface area contributed by atoms with Crippen molar-refractivity contribution in [1.82, 2.24) is 20.1 Å². The molecule has 0 radical (unpaired) electrons. The normalized spacial score (nSPS) is 28.0. The van der Waals surface area contributed by atoms with Crippen LogP contribution in [0.15, 0.2) is 78.8 Å². The highest BCUT2D eigenvalue weighted by Gasteiger charge is 2.56. The highest BCUT2D eigenvalue weighted by molar-refractivity contribution is 7.18. The third kappa shape index (κ3) is 7.40. The number of benzene rings is 1. The Morgan fingerprint density at radius 3 is 2.62 bits per heavy atom. The predicted octanol–water partition coefficient (Wildman–Crippen LogP) is 9.29. The number of allylic oxidation sites excluding steroid dienone is 3. The lowest BCUT2D eigenvalue weighted by Crippen LogP contribution is -2.49. The van der Waals surface area contributed by atoms with Gasteiger partial charge in [0, 0.05) is 37.6 Å². The molecule has 3 heterocycles. The summed E-state index contributed by atoms with van der Waals surface area (Å²) < 4.78 is 15.4. The van der Waals surface area contributed by atoms with Gasteiger partial charge in [-0.1, -0.05) is 73.0 Å². The van der Waals surface area contributed by atoms with Crippen molar-refractivity contribution in [1.29, 1.82) is 0 Å². The van der Waals surface area contributed by atoms with Crippen LogP contribution in [0.25, 0.3) is 16.8 Å². The molecule has 8 rings (SSSR count). The summed E-state index contributed by atoms with van der Waals surface area (Å²) in [6.07, 6.45) is 19.0. The van der Waals surface area contributed by atoms with Gasteiger partial charge < -0.3 is 16.2 Å². The minimum absolute atomic E-state index is 0.106. The summed E-state index contributed by atoms with van der Waals surface area (Å²) in [5, 5.41) is 17.6. The zero-order chi connectivity index (χ0) is 37.5. The standard InChI is InChI=1S/C24H31NO.C18H17Cl2FN4OS/c1-23-11-9-18(26)14-17(23)5-6-19-21-8-7-20(16-4-3-13-25-15-16)24(21,2)12-10-22(19)23;1-25-16(14(19)9-23-25)13-7-15(27-17(13)20)18(26)24-12(8-22)6-10-3-2-4-11(21)5-10/h3-5,7,13,15,18-19,21-22,26H,6,8-12,14H2,1-2H3;2-5,7,9,12H,6,8,22H2,1H3,(H,24,26). The van der Waals surface area contributed by atoms with E-state index in [0.29, 0.717) is 42.7 Å². The number of aliphatic hydroxyl groups excluding tert-OH is 1. The Morgan fingerprint density at radius 2 is 1.91 bits per heavy atom. The van der Waals surface area contributed by atoms with Gasteiger partial charge in [-0.3, -0.25) is 14.5 Å². The highest BCUT2D eigenvalue weighted by atomic mass is 35.5. The zero-order valence-corrected chi connectivity index (χ0v) is 32.8. The monoisotopic (exact) mass is 775 g/mol. The van der Waals surface area contributed by atoms with Crippen LogP contribution in [0.4, 0.5) is 4.39 Å². The van der Waals surface area contributed by atoms with Crippen LogP contribution in [-0.2, 0) is 13.5 Å². The molecule has 7 nitrogen and oxygen atoms in total. The Balaban J connectivity index is 0.000000164. The molecule has 2 saturated carbocycles. The second-order valence-electron chi connectivity index (χ2n) is 15.7. The van der Waals surface area contributed by atoms with Crippen molar-refractivity contribution < 1.29 is 14.3 Å². The maximum atomic E-state index is 13.3. The van der Waals surface area contributed by atoms with Crippen molar-refractivity contribution in [3.05, 3.63) is 110 Å². The van der Waals surface area contributed by atoms with Gasteiger partial charge in [0.15, 0.2) is 0 Å². The number of amides is 1. The largest absolute Gasteiger partial charge is 0.393 e. The average molecular weight is 777 g/mol. The molecule has 3 aromatic heterocycles. The van der Waals surface area contributed by atoms with E-state index < -0.39 is 0 Å². The van der Waals surface area contributed by atoms with Crippen molar-refractivity contribution in [2.24, 2.45) is 41.4 Å². The second kappa shape index (κ2) is 15.4. The number of aliphatic hydroxyl groups is 1. The number of nitrogens with one attached hydrogen (secondary N) is 1. The van der Waals surface area contributed by atoms with Crippen molar-refractivity contribution in [3.8, 4) is 11.3 Å². The SMILES string of the molecule is CC12CCC(O)CC1=CCC1C2CCC2(C)C(c3cccnc3)=CCC12.Cn1ncc(Cl)c1-c1cc(C(=O)NC(CN)Cc2cccc(F)c2)sc1Cl. The van der Waals surface area contributed by atoms with E-state index in [1.807, 2.05) is 12.4 Å². The molecule has 4 aliphatic rings. The van der Waals surface area contributed by atoms with Crippen molar-refractivity contribution in [2.75, 3.05) is 6.54 Å². The number of halogens is 3. The zero-order valence-electron chi connectivity index (χ0n) is 30.5. The first kappa shape index (κ1) is 38.0. The number of hydrogen-bond donors (Lipinski definition) is 3. The van der Waals surface area contributed by atoms with Crippen LogP contribution in [0.3, 0.4) is 0 Å². The lowest BCUT2D eigenvalue weighted by atomic mass is 9.47. The smallest absolute Gasteiger partial charge is 0.261 e. The Kier molecular flexibility index (Phi) is 11.0. The van der Waals surface area contributed by atoms with Gasteiger partial charge in [0.05, 0.1) is 27.9 Å². The maximum absolute atomic E-state index is 13.3. The Morgan fingerprint density at radius 1 is 1.09 bits per heavy atom. The molecule has 1 amide bonds. The number of carbonyl (C=O) groups excluding carboxylic acids is 1. The van der Waals surface area contributed by atoms with E-state index in [1.54, 1.807) is 41.1 Å². The Bertz CT molecular complexity index is 2010. The molecule has 0 saturated heterocycles. The summed E-state index contributed by atoms with van der Waals surface area (Å²) in [4.78, 5) is 17.4. The number of aromatic nitrogens is 3. The van der Waals surface area contributed by atoms with E-state index in [0.717, 1.165) is 47.5 Å². The molecule has 7 unspecified atom stereocenters. The lowest BCUT2D eigenvalue weighted by Gasteiger charge is -2.57. The maximum Gasteiger partial charge on any atom is 0.261 e. The summed E-state index contributed by atoms with van der Waals surface area (Å²) in [6.45, 7) is 5.25. The van der Waals surface area contributed by atoms with Crippen molar-refractivity contribution in [2.45, 2.75) is 77.4 Å². The number of hydrogen-bond acceptors (Lipinski definition) is 6. The van der Waals surface area contributed by atoms with Crippen LogP contribution in [0.2, 0.25) is 9.36 Å². The number of fused-ring (bicyclic) bond motifs is 5. The molecular weight excluding hydrogens is 728 g/mol. The topological polar surface area (TPSA) is 106 Å². The van der Waals surface area contributed by atoms with Crippen molar-refractivity contribution in [3.63, 3.8) is 0 Å². The summed E-state index contributed by atoms with van der Waals surface area (Å²) in [6, 6.07) is 11.9. The van der Waals surface area contributed by atoms with Gasteiger partial charge >= 0.3 is 0 Å². The second-order valence-corrected chi connectivity index (χ2v) is 17.8. The molecule has 4 N–H and O–H groups in total. The van der Waals surface area contributed by atoms with Crippen LogP contribution in [-0.4, -0.2) is 44.5 Å². The van der Waals surface area contributed by atoms with E-state index in [1.165, 1.54) is 56.0 Å². The molecule has 4 aromatic rings. The fourth-order valence-corrected chi connectivity index (χ4v) is 11.4. The van der Waals surface area contributed by atoms with Gasteiger partial charge in [0.2, 0.25) is 0 Å². The van der Waals surface area contributed by atoms with E-state index in [-0.39, 0.29) is 30.4 Å². The number of rotatable bonds is 7. The molecular formula is C42H48Cl2FN5O2S. The van der Waals surface area contributed by atoms with E-state index in [9.17, 15) is 14.3 Å². The first-order valence-corrected chi connectivity index (χ1v) is 20.2. The molecule has 0 spiro atoms. The molecule has 7 atom stereocenters. The van der Waals surface area contributed by atoms with E-state index >= 15 is 0 Å². The van der Waals surface area contributed by atoms with Gasteiger partial charge in [0.1, 0.15) is 10.2 Å². The number of nitrogens with zero attached hydrogens (tertiary/aromatic N) is 3. The molecule has 4 aliphatic carbocycles. The van der Waals surface area contributed by atoms with Crippen LogP contribution >= 0.6 is 34.5 Å². The molecule has 11 heteroatoms. The number of thiophene rings is 1. The number of pyridine rings is 1. The Labute approximate surface area is 325 Å². The molecule has 1 aromatic carbocycles. The molecule has 2 fully saturated rings. The lowest BCUT2D eigenvalue weighted by molar-refractivity contribution is -0.0238. The summed E-state index contributed by atoms with van der Waals surface area (Å²) >= 11 is 13.6. The summed E-state index contributed by atoms with van der Waals surface area (Å²) in [5.41, 5.74) is 12.9. The molecule has 0 bridgehead atoms. The van der Waals surface area contributed by atoms with Crippen LogP contribution in [0.1, 0.15) is 79.6 Å². The van der Waals surface area contributed by atoms with Gasteiger partial charge in [-0.05, 0) is 121 Å². The van der Waals surface area contributed by atoms with Crippen LogP contribution in [0.5, 0.6) is 0 Å². The highest BCUT2D eigenvalue weighted by Crippen LogP contribution is 2.66. The number of carbonyl (C=O) groups is 1. The van der Waals surface area contributed by atoms with E-state index in [4.69, 9.17) is 28.9 Å². The fourth-order valence-electron chi connectivity index (χ4n) is 9.93. The van der Waals surface area contributed by atoms with Gasteiger partial charge in [-0.15, -0.1) is 11.3 Å². The Hall–Kier alpha value is -3.34. The van der Waals surface area contributed by atoms with Gasteiger partial charge in [-0.2, -0.15) is 5.10 Å². The van der Waals surface area contributed by atoms with Crippen molar-refractivity contribution >= 4 is 46.0 Å². The summed E-state index contributed by atoms with van der Waals surface area (Å²) in [5.74, 6) is 1.74. The third-order valence-corrected chi connectivity index (χ3v) is 14.3. The fraction of sp³-hybridized carbons (Fsp3) is 0.452. The molecule has 53 heavy (non-hydrogen) atoms. The van der Waals surface area contributed by atoms with Crippen LogP contribution in [0, 0.1) is 34.4 Å². The minimum Gasteiger partial charge on any atom is -0.393 e. The van der Waals surface area contributed by atoms with Crippen LogP contribution < -0.4 is 11.1 Å². The first-order chi connectivity index (χ1) is 25.4. The molecule has 280 valence electrons. The number of nitrogens with two attached hydrogens (primary N) is 1. The first-order valence-electron chi connectivity index (χ1n) is 18.6. The minimum atomic E-state index is -0.330. The molecule has 0 aliphatic heterocycles. The van der Waals surface area contributed by atoms with E-state index in [2.05, 4.69) is 53.5 Å². The predicted molar refractivity (Wildman–Crippen MR) is 212 cm³/mol. The number of aryl methyl sites for hydroxylation is 1. The third-order valence-electron chi connectivity index (χ3n) is 12.7. The van der Waals surface area contributed by atoms with Gasteiger partial charge in [-0.25, -0.2) is 4.39 Å². The summed E-state index contributed by atoms with van der Waals surface area (Å²) in [7, 11) is 1.75.